The molecule has 0 aromatic rings. The fraction of sp³-hybridized carbons (Fsp3) is 0.810. The van der Waals surface area contributed by atoms with Gasteiger partial charge in [0.1, 0.15) is 11.9 Å². The van der Waals surface area contributed by atoms with Crippen molar-refractivity contribution in [1.29, 1.82) is 0 Å². The van der Waals surface area contributed by atoms with Crippen molar-refractivity contribution in [2.75, 3.05) is 0 Å². The van der Waals surface area contributed by atoms with Crippen LogP contribution >= 0.6 is 0 Å². The Hall–Kier alpha value is -1.16. The topological polar surface area (TPSA) is 63.6 Å². The van der Waals surface area contributed by atoms with E-state index in [-0.39, 0.29) is 47.4 Å². The number of Topliss-reactive ketones (excluding diaryl/α,β-unsaturated/α-hetero) is 1. The van der Waals surface area contributed by atoms with E-state index < -0.39 is 6.10 Å². The highest BCUT2D eigenvalue weighted by Gasteiger charge is 2.43. The summed E-state index contributed by atoms with van der Waals surface area (Å²) in [4.78, 5) is 24.0. The van der Waals surface area contributed by atoms with Crippen molar-refractivity contribution in [2.24, 2.45) is 29.6 Å². The van der Waals surface area contributed by atoms with Crippen molar-refractivity contribution in [3.05, 3.63) is 11.6 Å². The standard InChI is InChI=1S/C21H36O4/c1-8-13(4)18(22)16(7)19(23)14(5)10-12(3)11-15(6)20-17(9-2)21(24)25-20/h10,13-18,20,22H,8-9,11H2,1-7H3/b12-10-/t13-,14+,15-,16-,17-,18-,20-/m0/s1. The molecule has 1 aliphatic rings. The summed E-state index contributed by atoms with van der Waals surface area (Å²) in [5, 5.41) is 10.3. The normalized spacial score (nSPS) is 26.9. The van der Waals surface area contributed by atoms with Crippen LogP contribution in [-0.4, -0.2) is 29.1 Å². The molecule has 0 aliphatic carbocycles. The van der Waals surface area contributed by atoms with Crippen molar-refractivity contribution in [2.45, 2.75) is 79.9 Å². The van der Waals surface area contributed by atoms with Gasteiger partial charge in [0.05, 0.1) is 12.0 Å². The molecular weight excluding hydrogens is 316 g/mol. The summed E-state index contributed by atoms with van der Waals surface area (Å²) in [7, 11) is 0. The molecule has 4 nitrogen and oxygen atoms in total. The Bertz CT molecular complexity index is 496. The molecule has 0 saturated carbocycles. The van der Waals surface area contributed by atoms with Crippen LogP contribution in [0.4, 0.5) is 0 Å². The maximum atomic E-state index is 12.6. The van der Waals surface area contributed by atoms with Gasteiger partial charge in [-0.05, 0) is 31.6 Å². The van der Waals surface area contributed by atoms with Crippen molar-refractivity contribution in [3.63, 3.8) is 0 Å². The van der Waals surface area contributed by atoms with Gasteiger partial charge in [0.2, 0.25) is 0 Å². The second-order valence-electron chi connectivity index (χ2n) is 7.97. The van der Waals surface area contributed by atoms with E-state index in [0.29, 0.717) is 0 Å². The number of cyclic esters (lactones) is 1. The minimum absolute atomic E-state index is 0.00185. The number of carbonyl (C=O) groups excluding carboxylic acids is 2. The molecule has 4 heteroatoms. The van der Waals surface area contributed by atoms with Crippen molar-refractivity contribution in [1.82, 2.24) is 0 Å². The number of aliphatic hydroxyl groups excluding tert-OH is 1. The number of esters is 1. The van der Waals surface area contributed by atoms with Crippen LogP contribution in [-0.2, 0) is 14.3 Å². The largest absolute Gasteiger partial charge is 0.461 e. The highest BCUT2D eigenvalue weighted by molar-refractivity contribution is 5.85. The van der Waals surface area contributed by atoms with Crippen LogP contribution in [0.2, 0.25) is 0 Å². The van der Waals surface area contributed by atoms with Crippen LogP contribution < -0.4 is 0 Å². The summed E-state index contributed by atoms with van der Waals surface area (Å²) in [5.74, 6) is -0.179. The molecule has 0 aromatic carbocycles. The highest BCUT2D eigenvalue weighted by Crippen LogP contribution is 2.34. The van der Waals surface area contributed by atoms with E-state index in [2.05, 4.69) is 6.92 Å². The second-order valence-corrected chi connectivity index (χ2v) is 7.97. The number of allylic oxidation sites excluding steroid dienone is 2. The summed E-state index contributed by atoms with van der Waals surface area (Å²) >= 11 is 0. The predicted molar refractivity (Wildman–Crippen MR) is 100.0 cm³/mol. The number of hydrogen-bond donors (Lipinski definition) is 1. The smallest absolute Gasteiger partial charge is 0.313 e. The molecule has 1 rings (SSSR count). The van der Waals surface area contributed by atoms with Gasteiger partial charge in [0.15, 0.2) is 0 Å². The molecule has 0 bridgehead atoms. The molecule has 1 N–H and O–H groups in total. The minimum Gasteiger partial charge on any atom is -0.461 e. The second kappa shape index (κ2) is 9.51. The molecule has 25 heavy (non-hydrogen) atoms. The summed E-state index contributed by atoms with van der Waals surface area (Å²) in [6.45, 7) is 13.9. The predicted octanol–water partition coefficient (Wildman–Crippen LogP) is 4.16. The third kappa shape index (κ3) is 5.40. The molecule has 1 saturated heterocycles. The van der Waals surface area contributed by atoms with E-state index >= 15 is 0 Å². The first kappa shape index (κ1) is 21.9. The summed E-state index contributed by atoms with van der Waals surface area (Å²) in [6.07, 6.45) is 3.90. The van der Waals surface area contributed by atoms with Crippen molar-refractivity contribution in [3.8, 4) is 0 Å². The van der Waals surface area contributed by atoms with Gasteiger partial charge in [0.25, 0.3) is 0 Å². The van der Waals surface area contributed by atoms with E-state index in [9.17, 15) is 14.7 Å². The Morgan fingerprint density at radius 3 is 2.32 bits per heavy atom. The Morgan fingerprint density at radius 1 is 1.24 bits per heavy atom. The van der Waals surface area contributed by atoms with Gasteiger partial charge in [-0.25, -0.2) is 0 Å². The lowest BCUT2D eigenvalue weighted by Gasteiger charge is -2.38. The van der Waals surface area contributed by atoms with Crippen LogP contribution in [0.3, 0.4) is 0 Å². The number of rotatable bonds is 10. The fourth-order valence-electron chi connectivity index (χ4n) is 3.80. The van der Waals surface area contributed by atoms with E-state index in [1.54, 1.807) is 0 Å². The molecule has 7 atom stereocenters. The highest BCUT2D eigenvalue weighted by atomic mass is 16.6. The molecule has 0 aromatic heterocycles. The molecule has 0 radical (unpaired) electrons. The summed E-state index contributed by atoms with van der Waals surface area (Å²) in [6, 6.07) is 0. The molecule has 0 unspecified atom stereocenters. The zero-order valence-electron chi connectivity index (χ0n) is 16.9. The van der Waals surface area contributed by atoms with Gasteiger partial charge in [-0.3, -0.25) is 9.59 Å². The third-order valence-corrected chi connectivity index (χ3v) is 5.77. The average Bonchev–Trinajstić information content (AvgIpc) is 2.56. The summed E-state index contributed by atoms with van der Waals surface area (Å²) < 4.78 is 5.30. The van der Waals surface area contributed by atoms with Crippen LogP contribution in [0.15, 0.2) is 11.6 Å². The van der Waals surface area contributed by atoms with E-state index in [0.717, 1.165) is 24.8 Å². The Morgan fingerprint density at radius 2 is 1.84 bits per heavy atom. The molecular formula is C21H36O4. The summed E-state index contributed by atoms with van der Waals surface area (Å²) in [5.41, 5.74) is 1.14. The van der Waals surface area contributed by atoms with E-state index in [4.69, 9.17) is 4.74 Å². The number of aliphatic hydroxyl groups is 1. The first-order chi connectivity index (χ1) is 11.6. The van der Waals surface area contributed by atoms with Gasteiger partial charge in [-0.1, -0.05) is 59.6 Å². The molecule has 1 aliphatic heterocycles. The van der Waals surface area contributed by atoms with Gasteiger partial charge in [-0.15, -0.1) is 0 Å². The molecule has 144 valence electrons. The number of carbonyl (C=O) groups is 2. The lowest BCUT2D eigenvalue weighted by atomic mass is 9.81. The Kier molecular flexibility index (Phi) is 8.33. The molecule has 1 fully saturated rings. The average molecular weight is 353 g/mol. The van der Waals surface area contributed by atoms with Gasteiger partial charge >= 0.3 is 5.97 Å². The van der Waals surface area contributed by atoms with Gasteiger partial charge in [0, 0.05) is 11.8 Å². The number of hydrogen-bond acceptors (Lipinski definition) is 4. The number of ether oxygens (including phenoxy) is 1. The zero-order valence-corrected chi connectivity index (χ0v) is 16.9. The lowest BCUT2D eigenvalue weighted by molar-refractivity contribution is -0.191. The molecule has 1 heterocycles. The SMILES string of the molecule is CC[C@@H]1C(=O)O[C@H]1[C@@H](C)C/C(C)=C\[C@@H](C)C(=O)[C@@H](C)[C@@H](O)[C@@H](C)CC. The maximum Gasteiger partial charge on any atom is 0.313 e. The van der Waals surface area contributed by atoms with Crippen LogP contribution in [0.5, 0.6) is 0 Å². The fourth-order valence-corrected chi connectivity index (χ4v) is 3.80. The van der Waals surface area contributed by atoms with Gasteiger partial charge in [-0.2, -0.15) is 0 Å². The molecule has 0 spiro atoms. The van der Waals surface area contributed by atoms with Crippen molar-refractivity contribution >= 4 is 11.8 Å². The third-order valence-electron chi connectivity index (χ3n) is 5.77. The first-order valence-electron chi connectivity index (χ1n) is 9.73. The van der Waals surface area contributed by atoms with E-state index in [1.807, 2.05) is 47.6 Å². The maximum absolute atomic E-state index is 12.6. The van der Waals surface area contributed by atoms with Gasteiger partial charge < -0.3 is 9.84 Å². The van der Waals surface area contributed by atoms with Crippen LogP contribution in [0, 0.1) is 29.6 Å². The minimum atomic E-state index is -0.590. The lowest BCUT2D eigenvalue weighted by Crippen LogP contribution is -2.48. The monoisotopic (exact) mass is 352 g/mol. The Labute approximate surface area is 153 Å². The quantitative estimate of drug-likeness (QED) is 0.474. The van der Waals surface area contributed by atoms with E-state index in [1.165, 1.54) is 0 Å². The van der Waals surface area contributed by atoms with Crippen molar-refractivity contribution < 1.29 is 19.4 Å². The first-order valence-corrected chi connectivity index (χ1v) is 9.73. The molecule has 0 amide bonds. The zero-order chi connectivity index (χ0) is 19.3. The van der Waals surface area contributed by atoms with Crippen LogP contribution in [0.25, 0.3) is 0 Å². The van der Waals surface area contributed by atoms with Crippen LogP contribution in [0.1, 0.15) is 67.7 Å². The number of ketones is 1. The Balaban J connectivity index is 2.62.